The van der Waals surface area contributed by atoms with Gasteiger partial charge in [-0.05, 0) is 43.2 Å². The summed E-state index contributed by atoms with van der Waals surface area (Å²) in [7, 11) is -3.47. The molecular weight excluding hydrogens is 482 g/mol. The largest absolute Gasteiger partial charge is 0.345 e. The fraction of sp³-hybridized carbons (Fsp3) is 0.318. The van der Waals surface area contributed by atoms with Crippen molar-refractivity contribution in [3.05, 3.63) is 74.7 Å². The number of thiazole rings is 1. The van der Waals surface area contributed by atoms with Crippen molar-refractivity contribution >= 4 is 42.4 Å². The number of piperazine rings is 1. The molecule has 0 unspecified atom stereocenters. The molecule has 1 aliphatic heterocycles. The molecule has 158 valence electrons. The fourth-order valence-corrected chi connectivity index (χ4v) is 6.50. The molecule has 0 saturated carbocycles. The number of sulfonamides is 1. The quantitative estimate of drug-likeness (QED) is 0.507. The lowest BCUT2D eigenvalue weighted by Gasteiger charge is -2.33. The van der Waals surface area contributed by atoms with Crippen LogP contribution >= 0.6 is 27.3 Å². The second-order valence-corrected chi connectivity index (χ2v) is 11.3. The number of aryl methyl sites for hydroxylation is 2. The molecule has 1 fully saturated rings. The third-order valence-electron chi connectivity index (χ3n) is 5.36. The van der Waals surface area contributed by atoms with Gasteiger partial charge in [0.1, 0.15) is 0 Å². The molecule has 0 spiro atoms. The van der Waals surface area contributed by atoms with Crippen molar-refractivity contribution in [2.45, 2.75) is 25.2 Å². The highest BCUT2D eigenvalue weighted by Gasteiger charge is 2.29. The molecule has 0 aliphatic carbocycles. The smallest absolute Gasteiger partial charge is 0.243 e. The Hall–Kier alpha value is -1.74. The number of anilines is 1. The van der Waals surface area contributed by atoms with E-state index in [-0.39, 0.29) is 0 Å². The predicted molar refractivity (Wildman–Crippen MR) is 126 cm³/mol. The van der Waals surface area contributed by atoms with Gasteiger partial charge in [-0.3, -0.25) is 0 Å². The molecule has 8 heteroatoms. The zero-order valence-corrected chi connectivity index (χ0v) is 20.2. The SMILES string of the molecule is Cc1ccc(C)c(Cc2csc(N3CCN(S(=O)(=O)c4cccc(Br)c4)CC3)n2)c1. The molecule has 4 rings (SSSR count). The summed E-state index contributed by atoms with van der Waals surface area (Å²) in [5.74, 6) is 0. The summed E-state index contributed by atoms with van der Waals surface area (Å²) in [6.45, 7) is 6.44. The number of aromatic nitrogens is 1. The van der Waals surface area contributed by atoms with Gasteiger partial charge in [-0.25, -0.2) is 13.4 Å². The molecular formula is C22H24BrN3O2S2. The van der Waals surface area contributed by atoms with E-state index in [9.17, 15) is 8.42 Å². The van der Waals surface area contributed by atoms with Gasteiger partial charge >= 0.3 is 0 Å². The predicted octanol–water partition coefficient (Wildman–Crippen LogP) is 4.62. The molecule has 3 aromatic rings. The van der Waals surface area contributed by atoms with Crippen LogP contribution in [0.3, 0.4) is 0 Å². The minimum Gasteiger partial charge on any atom is -0.345 e. The summed E-state index contributed by atoms with van der Waals surface area (Å²) in [6.07, 6.45) is 0.821. The lowest BCUT2D eigenvalue weighted by Crippen LogP contribution is -2.48. The van der Waals surface area contributed by atoms with E-state index in [1.54, 1.807) is 33.8 Å². The van der Waals surface area contributed by atoms with E-state index in [2.05, 4.69) is 58.3 Å². The molecule has 1 saturated heterocycles. The molecule has 1 aromatic heterocycles. The van der Waals surface area contributed by atoms with Gasteiger partial charge in [-0.15, -0.1) is 11.3 Å². The summed E-state index contributed by atoms with van der Waals surface area (Å²) in [5.41, 5.74) is 4.90. The van der Waals surface area contributed by atoms with Crippen LogP contribution < -0.4 is 4.90 Å². The first-order valence-electron chi connectivity index (χ1n) is 9.84. The van der Waals surface area contributed by atoms with Crippen molar-refractivity contribution in [2.24, 2.45) is 0 Å². The highest BCUT2D eigenvalue weighted by atomic mass is 79.9. The van der Waals surface area contributed by atoms with E-state index in [1.807, 2.05) is 6.07 Å². The molecule has 0 atom stereocenters. The van der Waals surface area contributed by atoms with Crippen molar-refractivity contribution in [3.63, 3.8) is 0 Å². The first-order valence-corrected chi connectivity index (χ1v) is 13.0. The van der Waals surface area contributed by atoms with Crippen molar-refractivity contribution < 1.29 is 8.42 Å². The molecule has 0 radical (unpaired) electrons. The Morgan fingerprint density at radius 3 is 2.57 bits per heavy atom. The summed E-state index contributed by atoms with van der Waals surface area (Å²) in [5, 5.41) is 3.08. The van der Waals surface area contributed by atoms with Crippen LogP contribution in [0.5, 0.6) is 0 Å². The summed E-state index contributed by atoms with van der Waals surface area (Å²) in [4.78, 5) is 7.34. The third-order valence-corrected chi connectivity index (χ3v) is 8.70. The van der Waals surface area contributed by atoms with Crippen LogP contribution in [0.25, 0.3) is 0 Å². The van der Waals surface area contributed by atoms with E-state index in [4.69, 9.17) is 4.98 Å². The molecule has 5 nitrogen and oxygen atoms in total. The van der Waals surface area contributed by atoms with E-state index >= 15 is 0 Å². The number of halogens is 1. The Morgan fingerprint density at radius 2 is 1.83 bits per heavy atom. The van der Waals surface area contributed by atoms with Gasteiger partial charge in [-0.2, -0.15) is 4.31 Å². The van der Waals surface area contributed by atoms with Gasteiger partial charge in [0.2, 0.25) is 10.0 Å². The van der Waals surface area contributed by atoms with Crippen LogP contribution in [0, 0.1) is 13.8 Å². The monoisotopic (exact) mass is 505 g/mol. The average molecular weight is 506 g/mol. The number of nitrogens with zero attached hydrogens (tertiary/aromatic N) is 3. The van der Waals surface area contributed by atoms with Gasteiger partial charge in [-0.1, -0.05) is 45.8 Å². The molecule has 0 amide bonds. The zero-order valence-electron chi connectivity index (χ0n) is 17.0. The molecule has 0 bridgehead atoms. The third kappa shape index (κ3) is 4.61. The van der Waals surface area contributed by atoms with Crippen molar-refractivity contribution in [2.75, 3.05) is 31.1 Å². The van der Waals surface area contributed by atoms with Crippen LogP contribution in [0.15, 0.2) is 57.2 Å². The Kier molecular flexibility index (Phi) is 6.29. The minimum atomic E-state index is -3.47. The van der Waals surface area contributed by atoms with Crippen molar-refractivity contribution in [1.29, 1.82) is 0 Å². The Labute approximate surface area is 190 Å². The number of hydrogen-bond donors (Lipinski definition) is 0. The average Bonchev–Trinajstić information content (AvgIpc) is 3.19. The first kappa shape index (κ1) is 21.5. The van der Waals surface area contributed by atoms with Crippen molar-refractivity contribution in [1.82, 2.24) is 9.29 Å². The number of benzene rings is 2. The van der Waals surface area contributed by atoms with E-state index in [0.29, 0.717) is 31.1 Å². The van der Waals surface area contributed by atoms with Crippen molar-refractivity contribution in [3.8, 4) is 0 Å². The second kappa shape index (κ2) is 8.78. The highest BCUT2D eigenvalue weighted by molar-refractivity contribution is 9.10. The van der Waals surface area contributed by atoms with Crippen LogP contribution in [0.2, 0.25) is 0 Å². The Balaban J connectivity index is 1.42. The lowest BCUT2D eigenvalue weighted by atomic mass is 10.0. The maximum Gasteiger partial charge on any atom is 0.243 e. The van der Waals surface area contributed by atoms with E-state index in [0.717, 1.165) is 21.7 Å². The van der Waals surface area contributed by atoms with Crippen LogP contribution in [-0.2, 0) is 16.4 Å². The topological polar surface area (TPSA) is 53.5 Å². The molecule has 1 aliphatic rings. The van der Waals surface area contributed by atoms with Gasteiger partial charge < -0.3 is 4.90 Å². The van der Waals surface area contributed by atoms with Gasteiger partial charge in [0.05, 0.1) is 10.6 Å². The summed E-state index contributed by atoms with van der Waals surface area (Å²) >= 11 is 4.99. The Bertz CT molecular complexity index is 1150. The Morgan fingerprint density at radius 1 is 1.07 bits per heavy atom. The fourth-order valence-electron chi connectivity index (χ4n) is 3.60. The maximum absolute atomic E-state index is 12.9. The van der Waals surface area contributed by atoms with E-state index in [1.165, 1.54) is 16.7 Å². The minimum absolute atomic E-state index is 0.329. The van der Waals surface area contributed by atoms with Gasteiger partial charge in [0, 0.05) is 42.5 Å². The first-order chi connectivity index (χ1) is 14.3. The second-order valence-electron chi connectivity index (χ2n) is 7.58. The lowest BCUT2D eigenvalue weighted by molar-refractivity contribution is 0.384. The highest BCUT2D eigenvalue weighted by Crippen LogP contribution is 2.26. The van der Waals surface area contributed by atoms with Gasteiger partial charge in [0.15, 0.2) is 5.13 Å². The zero-order chi connectivity index (χ0) is 21.3. The molecule has 2 heterocycles. The van der Waals surface area contributed by atoms with Crippen LogP contribution in [0.1, 0.15) is 22.4 Å². The summed E-state index contributed by atoms with van der Waals surface area (Å²) in [6, 6.07) is 13.4. The number of hydrogen-bond acceptors (Lipinski definition) is 5. The molecule has 0 N–H and O–H groups in total. The maximum atomic E-state index is 12.9. The standard InChI is InChI=1S/C22H24BrN3O2S2/c1-16-6-7-17(2)18(12-16)13-20-15-29-22(24-20)25-8-10-26(11-9-25)30(27,28)21-5-3-4-19(23)14-21/h3-7,12,14-15H,8-11,13H2,1-2H3. The van der Waals surface area contributed by atoms with Crippen LogP contribution in [0.4, 0.5) is 5.13 Å². The molecule has 2 aromatic carbocycles. The normalized spacial score (nSPS) is 15.5. The van der Waals surface area contributed by atoms with E-state index < -0.39 is 10.0 Å². The summed E-state index contributed by atoms with van der Waals surface area (Å²) < 4.78 is 28.2. The van der Waals surface area contributed by atoms with Crippen LogP contribution in [-0.4, -0.2) is 43.9 Å². The molecule has 30 heavy (non-hydrogen) atoms. The number of rotatable bonds is 5. The van der Waals surface area contributed by atoms with Gasteiger partial charge in [0.25, 0.3) is 0 Å².